The van der Waals surface area contributed by atoms with E-state index < -0.39 is 0 Å². The highest BCUT2D eigenvalue weighted by atomic mass is 16.5. The van der Waals surface area contributed by atoms with Crippen molar-refractivity contribution in [2.45, 2.75) is 18.9 Å². The molecule has 4 heterocycles. The molecule has 140 valence electrons. The van der Waals surface area contributed by atoms with Crippen molar-refractivity contribution in [3.8, 4) is 5.88 Å². The zero-order valence-corrected chi connectivity index (χ0v) is 15.3. The number of nitrogens with zero attached hydrogens (tertiary/aromatic N) is 6. The maximum Gasteiger partial charge on any atom is 0.264 e. The second kappa shape index (κ2) is 7.18. The number of aromatic nitrogens is 5. The fourth-order valence-electron chi connectivity index (χ4n) is 3.34. The number of fused-ring (bicyclic) bond motifs is 1. The van der Waals surface area contributed by atoms with Gasteiger partial charge in [0.05, 0.1) is 12.5 Å². The first-order chi connectivity index (χ1) is 13.2. The van der Waals surface area contributed by atoms with Crippen LogP contribution in [0.4, 0.5) is 11.8 Å². The molecule has 3 aromatic heterocycles. The van der Waals surface area contributed by atoms with Crippen LogP contribution in [0.1, 0.15) is 12.8 Å². The Hall–Kier alpha value is -3.23. The monoisotopic (exact) mass is 367 g/mol. The molecule has 9 heteroatoms. The van der Waals surface area contributed by atoms with Crippen molar-refractivity contribution in [3.05, 3.63) is 41.1 Å². The largest absolute Gasteiger partial charge is 0.481 e. The number of pyridine rings is 1. The molecule has 0 amide bonds. The standard InChI is InChI=1S/C18H21N7O2/c1-24-17(26)13-4-3-7-19-16(13)23-18(24)25-8-5-12(6-9-25)22-14-10-15(27-2)21-11-20-14/h3-4,7,10-12H,5-6,8-9H2,1-2H3,(H,20,21,22). The molecule has 27 heavy (non-hydrogen) atoms. The molecule has 0 saturated carbocycles. The lowest BCUT2D eigenvalue weighted by molar-refractivity contribution is 0.397. The third-order valence-electron chi connectivity index (χ3n) is 4.81. The third-order valence-corrected chi connectivity index (χ3v) is 4.81. The fraction of sp³-hybridized carbons (Fsp3) is 0.389. The van der Waals surface area contributed by atoms with Crippen molar-refractivity contribution in [1.82, 2.24) is 24.5 Å². The molecule has 0 aromatic carbocycles. The number of nitrogens with one attached hydrogen (secondary N) is 1. The summed E-state index contributed by atoms with van der Waals surface area (Å²) in [7, 11) is 3.34. The van der Waals surface area contributed by atoms with Gasteiger partial charge in [0, 0.05) is 38.4 Å². The minimum absolute atomic E-state index is 0.0728. The second-order valence-corrected chi connectivity index (χ2v) is 6.50. The van der Waals surface area contributed by atoms with Crippen LogP contribution in [0.25, 0.3) is 11.0 Å². The van der Waals surface area contributed by atoms with E-state index in [-0.39, 0.29) is 11.6 Å². The number of ether oxygens (including phenoxy) is 1. The zero-order chi connectivity index (χ0) is 18.8. The summed E-state index contributed by atoms with van der Waals surface area (Å²) in [6.45, 7) is 1.58. The van der Waals surface area contributed by atoms with Gasteiger partial charge in [0.25, 0.3) is 5.56 Å². The summed E-state index contributed by atoms with van der Waals surface area (Å²) in [5.74, 6) is 1.95. The van der Waals surface area contributed by atoms with E-state index in [9.17, 15) is 4.79 Å². The summed E-state index contributed by atoms with van der Waals surface area (Å²) in [6.07, 6.45) is 4.95. The number of hydrogen-bond donors (Lipinski definition) is 1. The van der Waals surface area contributed by atoms with Crippen molar-refractivity contribution in [1.29, 1.82) is 0 Å². The average Bonchev–Trinajstić information content (AvgIpc) is 2.71. The van der Waals surface area contributed by atoms with Gasteiger partial charge in [-0.1, -0.05) is 0 Å². The van der Waals surface area contributed by atoms with E-state index in [0.717, 1.165) is 31.7 Å². The van der Waals surface area contributed by atoms with Crippen molar-refractivity contribution >= 4 is 22.8 Å². The van der Waals surface area contributed by atoms with E-state index in [1.54, 1.807) is 43.1 Å². The summed E-state index contributed by atoms with van der Waals surface area (Å²) < 4.78 is 6.74. The molecule has 0 radical (unpaired) electrons. The first kappa shape index (κ1) is 17.2. The van der Waals surface area contributed by atoms with Crippen LogP contribution in [0.2, 0.25) is 0 Å². The maximum atomic E-state index is 12.6. The van der Waals surface area contributed by atoms with Crippen LogP contribution in [-0.2, 0) is 7.05 Å². The summed E-state index contributed by atoms with van der Waals surface area (Å²) in [6, 6.07) is 5.58. The predicted molar refractivity (Wildman–Crippen MR) is 102 cm³/mol. The van der Waals surface area contributed by atoms with Crippen molar-refractivity contribution in [3.63, 3.8) is 0 Å². The second-order valence-electron chi connectivity index (χ2n) is 6.50. The molecule has 0 aliphatic carbocycles. The van der Waals surface area contributed by atoms with Gasteiger partial charge in [0.2, 0.25) is 11.8 Å². The molecule has 4 rings (SSSR count). The molecule has 1 aliphatic heterocycles. The number of hydrogen-bond acceptors (Lipinski definition) is 8. The first-order valence-electron chi connectivity index (χ1n) is 8.85. The van der Waals surface area contributed by atoms with Crippen LogP contribution in [0.5, 0.6) is 5.88 Å². The van der Waals surface area contributed by atoms with Crippen LogP contribution in [0, 0.1) is 0 Å². The molecular weight excluding hydrogens is 346 g/mol. The van der Waals surface area contributed by atoms with Crippen LogP contribution >= 0.6 is 0 Å². The van der Waals surface area contributed by atoms with Gasteiger partial charge in [-0.2, -0.15) is 4.98 Å². The van der Waals surface area contributed by atoms with Crippen LogP contribution in [0.15, 0.2) is 35.5 Å². The van der Waals surface area contributed by atoms with Gasteiger partial charge in [-0.3, -0.25) is 9.36 Å². The summed E-state index contributed by atoms with van der Waals surface area (Å²) in [5, 5.41) is 3.96. The SMILES string of the molecule is COc1cc(NC2CCN(c3nc4ncccc4c(=O)n3C)CC2)ncn1. The molecule has 1 N–H and O–H groups in total. The third kappa shape index (κ3) is 3.40. The number of methoxy groups -OCH3 is 1. The molecule has 1 saturated heterocycles. The molecule has 1 aliphatic rings. The van der Waals surface area contributed by atoms with Crippen LogP contribution < -0.4 is 20.5 Å². The van der Waals surface area contributed by atoms with Gasteiger partial charge in [-0.25, -0.2) is 15.0 Å². The molecule has 3 aromatic rings. The molecule has 0 bridgehead atoms. The van der Waals surface area contributed by atoms with Gasteiger partial charge < -0.3 is 15.0 Å². The maximum absolute atomic E-state index is 12.6. The van der Waals surface area contributed by atoms with Gasteiger partial charge in [-0.05, 0) is 25.0 Å². The Balaban J connectivity index is 1.48. The van der Waals surface area contributed by atoms with E-state index in [1.165, 1.54) is 6.33 Å². The highest BCUT2D eigenvalue weighted by Gasteiger charge is 2.23. The predicted octanol–water partition coefficient (Wildman–Crippen LogP) is 1.21. The normalized spacial score (nSPS) is 15.1. The topological polar surface area (TPSA) is 98.1 Å². The summed E-state index contributed by atoms with van der Waals surface area (Å²) in [4.78, 5) is 31.8. The van der Waals surface area contributed by atoms with E-state index in [2.05, 4.69) is 30.2 Å². The Labute approximate surface area is 156 Å². The molecule has 9 nitrogen and oxygen atoms in total. The number of piperidine rings is 1. The molecule has 0 unspecified atom stereocenters. The lowest BCUT2D eigenvalue weighted by Crippen LogP contribution is -2.42. The van der Waals surface area contributed by atoms with Crippen molar-refractivity contribution in [2.24, 2.45) is 7.05 Å². The fourth-order valence-corrected chi connectivity index (χ4v) is 3.34. The molecule has 0 atom stereocenters. The van der Waals surface area contributed by atoms with E-state index in [4.69, 9.17) is 4.74 Å². The lowest BCUT2D eigenvalue weighted by atomic mass is 10.1. The van der Waals surface area contributed by atoms with Crippen molar-refractivity contribution in [2.75, 3.05) is 30.4 Å². The Morgan fingerprint density at radius 3 is 2.81 bits per heavy atom. The van der Waals surface area contributed by atoms with E-state index >= 15 is 0 Å². The minimum Gasteiger partial charge on any atom is -0.481 e. The quantitative estimate of drug-likeness (QED) is 0.735. The zero-order valence-electron chi connectivity index (χ0n) is 15.3. The molecular formula is C18H21N7O2. The Morgan fingerprint density at radius 2 is 2.04 bits per heavy atom. The van der Waals surface area contributed by atoms with E-state index in [1.807, 2.05) is 0 Å². The lowest BCUT2D eigenvalue weighted by Gasteiger charge is -2.33. The average molecular weight is 367 g/mol. The van der Waals surface area contributed by atoms with Gasteiger partial charge in [0.15, 0.2) is 5.65 Å². The Bertz CT molecular complexity index is 1010. The molecule has 0 spiro atoms. The highest BCUT2D eigenvalue weighted by Crippen LogP contribution is 2.21. The number of rotatable bonds is 4. The smallest absolute Gasteiger partial charge is 0.264 e. The van der Waals surface area contributed by atoms with Gasteiger partial charge in [0.1, 0.15) is 12.1 Å². The number of anilines is 2. The first-order valence-corrected chi connectivity index (χ1v) is 8.85. The Kier molecular flexibility index (Phi) is 4.57. The van der Waals surface area contributed by atoms with Gasteiger partial charge in [-0.15, -0.1) is 0 Å². The van der Waals surface area contributed by atoms with E-state index in [0.29, 0.717) is 22.9 Å². The highest BCUT2D eigenvalue weighted by molar-refractivity contribution is 5.74. The van der Waals surface area contributed by atoms with Gasteiger partial charge >= 0.3 is 0 Å². The summed E-state index contributed by atoms with van der Waals surface area (Å²) >= 11 is 0. The van der Waals surface area contributed by atoms with Crippen LogP contribution in [0.3, 0.4) is 0 Å². The van der Waals surface area contributed by atoms with Crippen LogP contribution in [-0.4, -0.2) is 50.7 Å². The Morgan fingerprint density at radius 1 is 1.22 bits per heavy atom. The van der Waals surface area contributed by atoms with Crippen molar-refractivity contribution < 1.29 is 4.74 Å². The summed E-state index contributed by atoms with van der Waals surface area (Å²) in [5.41, 5.74) is 0.417. The minimum atomic E-state index is -0.0728. The molecule has 1 fully saturated rings.